The first kappa shape index (κ1) is 14.8. The molecule has 0 aliphatic carbocycles. The third-order valence-corrected chi connectivity index (χ3v) is 3.82. The molecule has 1 amide bonds. The van der Waals surface area contributed by atoms with E-state index in [4.69, 9.17) is 10.5 Å². The number of amides is 1. The Kier molecular flexibility index (Phi) is 4.98. The van der Waals surface area contributed by atoms with Crippen LogP contribution in [0.4, 0.5) is 11.4 Å². The SMILES string of the molecule is Cc1c(N)cccc1NC(=O)C(C)N1CCCOCC1. The number of ether oxygens (including phenoxy) is 1. The highest BCUT2D eigenvalue weighted by Crippen LogP contribution is 2.21. The lowest BCUT2D eigenvalue weighted by atomic mass is 10.1. The molecule has 110 valence electrons. The predicted octanol–water partition coefficient (Wildman–Crippen LogP) is 1.63. The maximum Gasteiger partial charge on any atom is 0.241 e. The Bertz CT molecular complexity index is 468. The van der Waals surface area contributed by atoms with Crippen molar-refractivity contribution < 1.29 is 9.53 Å². The van der Waals surface area contributed by atoms with Crippen molar-refractivity contribution in [3.8, 4) is 0 Å². The molecule has 1 fully saturated rings. The fourth-order valence-corrected chi connectivity index (χ4v) is 2.34. The van der Waals surface area contributed by atoms with Gasteiger partial charge in [0.05, 0.1) is 12.6 Å². The van der Waals surface area contributed by atoms with Gasteiger partial charge in [-0.2, -0.15) is 0 Å². The normalized spacial score (nSPS) is 18.3. The summed E-state index contributed by atoms with van der Waals surface area (Å²) in [6, 6.07) is 5.39. The van der Waals surface area contributed by atoms with Gasteiger partial charge >= 0.3 is 0 Å². The number of nitrogens with one attached hydrogen (secondary N) is 1. The highest BCUT2D eigenvalue weighted by atomic mass is 16.5. The van der Waals surface area contributed by atoms with Gasteiger partial charge in [-0.05, 0) is 38.0 Å². The average molecular weight is 277 g/mol. The summed E-state index contributed by atoms with van der Waals surface area (Å²) in [5, 5.41) is 2.97. The van der Waals surface area contributed by atoms with Crippen molar-refractivity contribution in [2.24, 2.45) is 0 Å². The molecule has 1 saturated heterocycles. The Morgan fingerprint density at radius 2 is 2.20 bits per heavy atom. The first-order chi connectivity index (χ1) is 9.59. The molecule has 1 atom stereocenters. The van der Waals surface area contributed by atoms with Crippen LogP contribution in [0.25, 0.3) is 0 Å². The monoisotopic (exact) mass is 277 g/mol. The number of anilines is 2. The number of nitrogens with two attached hydrogens (primary N) is 1. The summed E-state index contributed by atoms with van der Waals surface area (Å²) in [6.45, 7) is 7.00. The van der Waals surface area contributed by atoms with Crippen LogP contribution in [0.15, 0.2) is 18.2 Å². The van der Waals surface area contributed by atoms with E-state index in [9.17, 15) is 4.79 Å². The van der Waals surface area contributed by atoms with Crippen LogP contribution in [-0.2, 0) is 9.53 Å². The van der Waals surface area contributed by atoms with Gasteiger partial charge < -0.3 is 15.8 Å². The minimum absolute atomic E-state index is 0.000556. The summed E-state index contributed by atoms with van der Waals surface area (Å²) in [4.78, 5) is 14.5. The highest BCUT2D eigenvalue weighted by molar-refractivity contribution is 5.95. The van der Waals surface area contributed by atoms with Gasteiger partial charge in [0.25, 0.3) is 0 Å². The number of benzene rings is 1. The maximum absolute atomic E-state index is 12.4. The van der Waals surface area contributed by atoms with Crippen molar-refractivity contribution in [3.05, 3.63) is 23.8 Å². The summed E-state index contributed by atoms with van der Waals surface area (Å²) in [7, 11) is 0. The van der Waals surface area contributed by atoms with E-state index in [1.165, 1.54) is 0 Å². The Balaban J connectivity index is 2.01. The molecule has 1 heterocycles. The average Bonchev–Trinajstić information content (AvgIpc) is 2.72. The molecule has 5 nitrogen and oxygen atoms in total. The van der Waals surface area contributed by atoms with Crippen LogP contribution < -0.4 is 11.1 Å². The van der Waals surface area contributed by atoms with Crippen molar-refractivity contribution in [1.29, 1.82) is 0 Å². The van der Waals surface area contributed by atoms with Gasteiger partial charge in [0, 0.05) is 31.1 Å². The van der Waals surface area contributed by atoms with Crippen LogP contribution in [0.5, 0.6) is 0 Å². The summed E-state index contributed by atoms with van der Waals surface area (Å²) in [5.41, 5.74) is 8.25. The minimum atomic E-state index is -0.169. The van der Waals surface area contributed by atoms with Crippen LogP contribution in [0, 0.1) is 6.92 Å². The van der Waals surface area contributed by atoms with Gasteiger partial charge in [0.2, 0.25) is 5.91 Å². The number of carbonyl (C=O) groups excluding carboxylic acids is 1. The van der Waals surface area contributed by atoms with E-state index in [1.54, 1.807) is 0 Å². The molecule has 1 aromatic carbocycles. The number of nitrogens with zero attached hydrogens (tertiary/aromatic N) is 1. The molecule has 1 aliphatic heterocycles. The smallest absolute Gasteiger partial charge is 0.241 e. The third kappa shape index (κ3) is 3.49. The Morgan fingerprint density at radius 3 is 3.00 bits per heavy atom. The van der Waals surface area contributed by atoms with Crippen LogP contribution >= 0.6 is 0 Å². The highest BCUT2D eigenvalue weighted by Gasteiger charge is 2.22. The van der Waals surface area contributed by atoms with E-state index in [1.807, 2.05) is 32.0 Å². The third-order valence-electron chi connectivity index (χ3n) is 3.82. The summed E-state index contributed by atoms with van der Waals surface area (Å²) >= 11 is 0. The van der Waals surface area contributed by atoms with Crippen molar-refractivity contribution in [3.63, 3.8) is 0 Å². The number of carbonyl (C=O) groups is 1. The van der Waals surface area contributed by atoms with E-state index >= 15 is 0 Å². The topological polar surface area (TPSA) is 67.6 Å². The van der Waals surface area contributed by atoms with Crippen LogP contribution in [0.2, 0.25) is 0 Å². The number of rotatable bonds is 3. The van der Waals surface area contributed by atoms with Crippen LogP contribution in [-0.4, -0.2) is 43.2 Å². The number of hydrogen-bond acceptors (Lipinski definition) is 4. The quantitative estimate of drug-likeness (QED) is 0.824. The van der Waals surface area contributed by atoms with E-state index < -0.39 is 0 Å². The zero-order valence-electron chi connectivity index (χ0n) is 12.2. The fourth-order valence-electron chi connectivity index (χ4n) is 2.34. The second-order valence-corrected chi connectivity index (χ2v) is 5.19. The van der Waals surface area contributed by atoms with Crippen molar-refractivity contribution in [2.75, 3.05) is 37.4 Å². The van der Waals surface area contributed by atoms with Crippen LogP contribution in [0.3, 0.4) is 0 Å². The molecule has 20 heavy (non-hydrogen) atoms. The first-order valence-electron chi connectivity index (χ1n) is 7.07. The lowest BCUT2D eigenvalue weighted by Crippen LogP contribution is -2.43. The molecule has 3 N–H and O–H groups in total. The van der Waals surface area contributed by atoms with Gasteiger partial charge in [-0.3, -0.25) is 9.69 Å². The molecule has 0 radical (unpaired) electrons. The standard InChI is InChI=1S/C15H23N3O2/c1-11-13(16)5-3-6-14(11)17-15(19)12(2)18-7-4-9-20-10-8-18/h3,5-6,12H,4,7-10,16H2,1-2H3,(H,17,19). The van der Waals surface area contributed by atoms with Crippen molar-refractivity contribution in [2.45, 2.75) is 26.3 Å². The molecule has 0 aromatic heterocycles. The number of nitrogen functional groups attached to an aromatic ring is 1. The molecular formula is C15H23N3O2. The Labute approximate surface area is 120 Å². The molecule has 2 rings (SSSR count). The molecule has 1 aromatic rings. The van der Waals surface area contributed by atoms with Crippen molar-refractivity contribution >= 4 is 17.3 Å². The molecule has 1 unspecified atom stereocenters. The van der Waals surface area contributed by atoms with Gasteiger partial charge in [-0.25, -0.2) is 0 Å². The first-order valence-corrected chi connectivity index (χ1v) is 7.07. The summed E-state index contributed by atoms with van der Waals surface area (Å²) in [5.74, 6) is 0.000556. The van der Waals surface area contributed by atoms with Crippen molar-refractivity contribution in [1.82, 2.24) is 4.90 Å². The molecule has 5 heteroatoms. The lowest BCUT2D eigenvalue weighted by molar-refractivity contribution is -0.120. The zero-order valence-corrected chi connectivity index (χ0v) is 12.2. The molecule has 1 aliphatic rings. The van der Waals surface area contributed by atoms with Gasteiger partial charge in [-0.1, -0.05) is 6.07 Å². The molecular weight excluding hydrogens is 254 g/mol. The fraction of sp³-hybridized carbons (Fsp3) is 0.533. The largest absolute Gasteiger partial charge is 0.398 e. The zero-order chi connectivity index (χ0) is 14.5. The second-order valence-electron chi connectivity index (χ2n) is 5.19. The summed E-state index contributed by atoms with van der Waals surface area (Å²) in [6.07, 6.45) is 0.967. The molecule has 0 bridgehead atoms. The number of hydrogen-bond donors (Lipinski definition) is 2. The summed E-state index contributed by atoms with van der Waals surface area (Å²) < 4.78 is 5.42. The van der Waals surface area contributed by atoms with Crippen LogP contribution in [0.1, 0.15) is 18.9 Å². The maximum atomic E-state index is 12.4. The second kappa shape index (κ2) is 6.72. The molecule has 0 spiro atoms. The Hall–Kier alpha value is -1.59. The van der Waals surface area contributed by atoms with Gasteiger partial charge in [0.1, 0.15) is 0 Å². The lowest BCUT2D eigenvalue weighted by Gasteiger charge is -2.26. The van der Waals surface area contributed by atoms with E-state index in [2.05, 4.69) is 10.2 Å². The minimum Gasteiger partial charge on any atom is -0.398 e. The van der Waals surface area contributed by atoms with E-state index in [0.717, 1.165) is 37.4 Å². The van der Waals surface area contributed by atoms with E-state index in [0.29, 0.717) is 12.3 Å². The van der Waals surface area contributed by atoms with Gasteiger partial charge in [0.15, 0.2) is 0 Å². The van der Waals surface area contributed by atoms with E-state index in [-0.39, 0.29) is 11.9 Å². The Morgan fingerprint density at radius 1 is 1.40 bits per heavy atom. The molecule has 0 saturated carbocycles. The van der Waals surface area contributed by atoms with Gasteiger partial charge in [-0.15, -0.1) is 0 Å². The predicted molar refractivity (Wildman–Crippen MR) is 80.7 cm³/mol.